The van der Waals surface area contributed by atoms with E-state index in [2.05, 4.69) is 6.08 Å². The predicted molar refractivity (Wildman–Crippen MR) is 104 cm³/mol. The summed E-state index contributed by atoms with van der Waals surface area (Å²) >= 11 is 0. The van der Waals surface area contributed by atoms with Crippen LogP contribution in [0.1, 0.15) is 36.2 Å². The molecule has 0 bridgehead atoms. The molecule has 2 rings (SSSR count). The average molecular weight is 354 g/mol. The van der Waals surface area contributed by atoms with Crippen molar-refractivity contribution in [2.24, 2.45) is 5.92 Å². The minimum atomic E-state index is -0.116. The maximum absolute atomic E-state index is 12.7. The van der Waals surface area contributed by atoms with Crippen molar-refractivity contribution in [1.82, 2.24) is 0 Å². The summed E-state index contributed by atoms with van der Waals surface area (Å²) in [6, 6.07) is 3.54. The first-order valence-electron chi connectivity index (χ1n) is 8.63. The van der Waals surface area contributed by atoms with Gasteiger partial charge in [0.25, 0.3) is 0 Å². The summed E-state index contributed by atoms with van der Waals surface area (Å²) in [7, 11) is 3.18. The third kappa shape index (κ3) is 4.88. The Kier molecular flexibility index (Phi) is 6.84. The van der Waals surface area contributed by atoms with E-state index in [1.807, 2.05) is 26.0 Å². The van der Waals surface area contributed by atoms with Crippen LogP contribution in [-0.4, -0.2) is 25.1 Å². The van der Waals surface area contributed by atoms with Crippen LogP contribution in [0.3, 0.4) is 0 Å². The van der Waals surface area contributed by atoms with Crippen molar-refractivity contribution < 1.29 is 19.4 Å². The third-order valence-electron chi connectivity index (χ3n) is 4.23. The summed E-state index contributed by atoms with van der Waals surface area (Å²) in [6.45, 7) is 4.06. The number of benzene rings is 1. The highest BCUT2D eigenvalue weighted by atomic mass is 16.5. The zero-order valence-corrected chi connectivity index (χ0v) is 15.8. The van der Waals surface area contributed by atoms with Gasteiger partial charge in [-0.2, -0.15) is 0 Å². The maximum Gasteiger partial charge on any atom is 0.189 e. The van der Waals surface area contributed by atoms with Crippen LogP contribution in [-0.2, 0) is 6.42 Å². The lowest BCUT2D eigenvalue weighted by Crippen LogP contribution is -2.05. The molecule has 1 unspecified atom stereocenters. The van der Waals surface area contributed by atoms with Gasteiger partial charge >= 0.3 is 0 Å². The summed E-state index contributed by atoms with van der Waals surface area (Å²) in [6.07, 6.45) is 12.1. The van der Waals surface area contributed by atoms with E-state index in [1.54, 1.807) is 44.6 Å². The summed E-state index contributed by atoms with van der Waals surface area (Å²) in [5.74, 6) is 1.50. The Bertz CT molecular complexity index is 778. The van der Waals surface area contributed by atoms with Gasteiger partial charge in [0.2, 0.25) is 0 Å². The molecule has 1 aliphatic rings. The van der Waals surface area contributed by atoms with Gasteiger partial charge in [0.1, 0.15) is 17.3 Å². The van der Waals surface area contributed by atoms with Crippen molar-refractivity contribution in [2.45, 2.75) is 26.7 Å². The van der Waals surface area contributed by atoms with Gasteiger partial charge in [0.05, 0.1) is 19.8 Å². The largest absolute Gasteiger partial charge is 0.508 e. The molecule has 1 aromatic rings. The summed E-state index contributed by atoms with van der Waals surface area (Å²) in [4.78, 5) is 12.7. The Balaban J connectivity index is 2.30. The second-order valence-corrected chi connectivity index (χ2v) is 6.42. The van der Waals surface area contributed by atoms with Crippen LogP contribution in [0.4, 0.5) is 0 Å². The van der Waals surface area contributed by atoms with Gasteiger partial charge in [-0.05, 0) is 63.0 Å². The molecule has 0 aliphatic heterocycles. The maximum atomic E-state index is 12.7. The molecule has 1 aliphatic carbocycles. The van der Waals surface area contributed by atoms with Gasteiger partial charge in [-0.25, -0.2) is 0 Å². The molecule has 0 amide bonds. The smallest absolute Gasteiger partial charge is 0.189 e. The van der Waals surface area contributed by atoms with Gasteiger partial charge in [0, 0.05) is 5.56 Å². The number of rotatable bonds is 7. The minimum Gasteiger partial charge on any atom is -0.508 e. The van der Waals surface area contributed by atoms with E-state index in [-0.39, 0.29) is 17.5 Å². The van der Waals surface area contributed by atoms with Crippen LogP contribution >= 0.6 is 0 Å². The molecule has 26 heavy (non-hydrogen) atoms. The number of methoxy groups -OCH3 is 2. The number of aliphatic hydroxyl groups is 1. The number of allylic oxidation sites excluding steroid dienone is 7. The van der Waals surface area contributed by atoms with Crippen LogP contribution < -0.4 is 9.47 Å². The number of ketones is 1. The number of carbonyl (C=O) groups is 1. The molecule has 138 valence electrons. The molecule has 1 N–H and O–H groups in total. The molecule has 0 radical (unpaired) electrons. The topological polar surface area (TPSA) is 55.8 Å². The highest BCUT2D eigenvalue weighted by Crippen LogP contribution is 2.34. The monoisotopic (exact) mass is 354 g/mol. The molecule has 1 aromatic carbocycles. The average Bonchev–Trinajstić information content (AvgIpc) is 2.64. The fourth-order valence-electron chi connectivity index (χ4n) is 2.80. The number of carbonyl (C=O) groups excluding carboxylic acids is 1. The van der Waals surface area contributed by atoms with E-state index in [4.69, 9.17) is 9.47 Å². The zero-order valence-electron chi connectivity index (χ0n) is 15.8. The van der Waals surface area contributed by atoms with E-state index >= 15 is 0 Å². The molecular weight excluding hydrogens is 328 g/mol. The summed E-state index contributed by atoms with van der Waals surface area (Å²) in [5.41, 5.74) is 2.56. The summed E-state index contributed by atoms with van der Waals surface area (Å²) < 4.78 is 11.0. The quantitative estimate of drug-likeness (QED) is 0.427. The Hall–Kier alpha value is -2.75. The normalized spacial score (nSPS) is 16.3. The molecule has 0 saturated carbocycles. The van der Waals surface area contributed by atoms with E-state index in [0.717, 1.165) is 5.56 Å². The molecule has 0 fully saturated rings. The van der Waals surface area contributed by atoms with Crippen LogP contribution in [0.2, 0.25) is 0 Å². The number of hydrogen-bond acceptors (Lipinski definition) is 4. The predicted octanol–water partition coefficient (Wildman–Crippen LogP) is 4.97. The Morgan fingerprint density at radius 3 is 2.62 bits per heavy atom. The minimum absolute atomic E-state index is 0.101. The SMILES string of the molecule is COc1ccc(C(=O)C=CC2C=CC(O)=CC2)c(OC)c1CC=C(C)C. The van der Waals surface area contributed by atoms with Gasteiger partial charge in [-0.15, -0.1) is 0 Å². The van der Waals surface area contributed by atoms with Crippen molar-refractivity contribution in [1.29, 1.82) is 0 Å². The van der Waals surface area contributed by atoms with Gasteiger partial charge in [0.15, 0.2) is 5.78 Å². The first-order chi connectivity index (χ1) is 12.5. The molecule has 1 atom stereocenters. The molecule has 4 heteroatoms. The van der Waals surface area contributed by atoms with Gasteiger partial charge in [-0.1, -0.05) is 23.8 Å². The second kappa shape index (κ2) is 9.09. The highest BCUT2D eigenvalue weighted by Gasteiger charge is 2.18. The Labute approximate surface area is 155 Å². The molecular formula is C22H26O4. The first kappa shape index (κ1) is 19.6. The summed E-state index contributed by atoms with van der Waals surface area (Å²) in [5, 5.41) is 9.37. The fourth-order valence-corrected chi connectivity index (χ4v) is 2.80. The molecule has 0 heterocycles. The Morgan fingerprint density at radius 2 is 2.04 bits per heavy atom. The van der Waals surface area contributed by atoms with Crippen molar-refractivity contribution in [3.63, 3.8) is 0 Å². The van der Waals surface area contributed by atoms with Crippen molar-refractivity contribution >= 4 is 5.78 Å². The van der Waals surface area contributed by atoms with Crippen LogP contribution in [0, 0.1) is 5.92 Å². The van der Waals surface area contributed by atoms with Gasteiger partial charge < -0.3 is 14.6 Å². The number of ether oxygens (including phenoxy) is 2. The molecule has 0 spiro atoms. The standard InChI is InChI=1S/C22H26O4/c1-15(2)5-11-19-21(25-3)14-12-18(22(19)26-4)20(24)13-8-16-6-9-17(23)10-7-16/h5-6,8-10,12-14,16,23H,7,11H2,1-4H3. The van der Waals surface area contributed by atoms with E-state index in [1.165, 1.54) is 5.57 Å². The van der Waals surface area contributed by atoms with Crippen LogP contribution in [0.5, 0.6) is 11.5 Å². The highest BCUT2D eigenvalue weighted by molar-refractivity contribution is 6.07. The molecule has 0 aromatic heterocycles. The Morgan fingerprint density at radius 1 is 1.27 bits per heavy atom. The van der Waals surface area contributed by atoms with Crippen molar-refractivity contribution in [3.8, 4) is 11.5 Å². The number of aliphatic hydroxyl groups excluding tert-OH is 1. The van der Waals surface area contributed by atoms with Crippen LogP contribution in [0.15, 0.2) is 59.9 Å². The van der Waals surface area contributed by atoms with Crippen molar-refractivity contribution in [2.75, 3.05) is 14.2 Å². The van der Waals surface area contributed by atoms with Crippen LogP contribution in [0.25, 0.3) is 0 Å². The molecule has 4 nitrogen and oxygen atoms in total. The van der Waals surface area contributed by atoms with E-state index in [0.29, 0.717) is 29.9 Å². The zero-order chi connectivity index (χ0) is 19.1. The van der Waals surface area contributed by atoms with Gasteiger partial charge in [-0.3, -0.25) is 4.79 Å². The lowest BCUT2D eigenvalue weighted by atomic mass is 9.97. The van der Waals surface area contributed by atoms with Crippen molar-refractivity contribution in [3.05, 3.63) is 71.0 Å². The lowest BCUT2D eigenvalue weighted by Gasteiger charge is -2.15. The first-order valence-corrected chi connectivity index (χ1v) is 8.63. The second-order valence-electron chi connectivity index (χ2n) is 6.42. The number of hydrogen-bond donors (Lipinski definition) is 1. The van der Waals surface area contributed by atoms with E-state index in [9.17, 15) is 9.90 Å². The molecule has 0 saturated heterocycles. The fraction of sp³-hybridized carbons (Fsp3) is 0.318. The lowest BCUT2D eigenvalue weighted by molar-refractivity contribution is 0.104. The van der Waals surface area contributed by atoms with E-state index < -0.39 is 0 Å². The third-order valence-corrected chi connectivity index (χ3v) is 4.23.